The van der Waals surface area contributed by atoms with E-state index in [1.807, 2.05) is 6.92 Å². The third kappa shape index (κ3) is 6.22. The van der Waals surface area contributed by atoms with Crippen LogP contribution < -0.4 is 10.6 Å². The molecule has 0 saturated carbocycles. The second-order valence-electron chi connectivity index (χ2n) is 7.02. The fourth-order valence-corrected chi connectivity index (χ4v) is 4.24. The monoisotopic (exact) mass is 422 g/mol. The first kappa shape index (κ1) is 21.7. The Morgan fingerprint density at radius 1 is 1.34 bits per heavy atom. The van der Waals surface area contributed by atoms with E-state index in [-0.39, 0.29) is 24.3 Å². The molecule has 2 N–H and O–H groups in total. The highest BCUT2D eigenvalue weighted by Crippen LogP contribution is 2.26. The zero-order valence-electron chi connectivity index (χ0n) is 16.8. The molecule has 1 aliphatic rings. The van der Waals surface area contributed by atoms with Crippen LogP contribution in [-0.2, 0) is 11.3 Å². The standard InChI is InChI=1S/C21H28F2N4OS/c1-3-24-21(25-12-16-11-17(22)6-7-18(16)23)26-13-19(20-5-4-10-29-20)27-8-9-28-15(2)14-27/h4-7,10-11,15,19H,3,8-9,12-14H2,1-2H3,(H2,24,25,26). The van der Waals surface area contributed by atoms with E-state index < -0.39 is 11.6 Å². The summed E-state index contributed by atoms with van der Waals surface area (Å²) in [6.07, 6.45) is 0.198. The fraction of sp³-hybridized carbons (Fsp3) is 0.476. The summed E-state index contributed by atoms with van der Waals surface area (Å²) in [4.78, 5) is 8.14. The van der Waals surface area contributed by atoms with Gasteiger partial charge in [-0.15, -0.1) is 11.3 Å². The largest absolute Gasteiger partial charge is 0.376 e. The highest BCUT2D eigenvalue weighted by Gasteiger charge is 2.26. The van der Waals surface area contributed by atoms with Crippen molar-refractivity contribution in [2.24, 2.45) is 4.99 Å². The van der Waals surface area contributed by atoms with Gasteiger partial charge in [-0.25, -0.2) is 13.8 Å². The number of guanidine groups is 1. The van der Waals surface area contributed by atoms with Crippen molar-refractivity contribution >= 4 is 17.3 Å². The summed E-state index contributed by atoms with van der Waals surface area (Å²) in [5.41, 5.74) is 0.235. The zero-order chi connectivity index (χ0) is 20.6. The van der Waals surface area contributed by atoms with Crippen LogP contribution in [0.4, 0.5) is 8.78 Å². The Hall–Kier alpha value is -2.03. The van der Waals surface area contributed by atoms with Crippen molar-refractivity contribution in [2.75, 3.05) is 32.8 Å². The minimum absolute atomic E-state index is 0.0667. The lowest BCUT2D eigenvalue weighted by Gasteiger charge is -2.37. The molecule has 1 aliphatic heterocycles. The number of nitrogens with one attached hydrogen (secondary N) is 2. The van der Waals surface area contributed by atoms with Crippen LogP contribution in [0.15, 0.2) is 40.7 Å². The van der Waals surface area contributed by atoms with Crippen molar-refractivity contribution in [1.29, 1.82) is 0 Å². The molecule has 0 bridgehead atoms. The molecular formula is C21H28F2N4OS. The molecule has 3 rings (SSSR count). The van der Waals surface area contributed by atoms with Gasteiger partial charge in [0.2, 0.25) is 0 Å². The van der Waals surface area contributed by atoms with Gasteiger partial charge in [-0.3, -0.25) is 4.90 Å². The first-order chi connectivity index (χ1) is 14.1. The van der Waals surface area contributed by atoms with E-state index in [1.54, 1.807) is 11.3 Å². The summed E-state index contributed by atoms with van der Waals surface area (Å²) >= 11 is 1.73. The third-order valence-corrected chi connectivity index (χ3v) is 5.78. The highest BCUT2D eigenvalue weighted by atomic mass is 32.1. The van der Waals surface area contributed by atoms with Gasteiger partial charge in [-0.1, -0.05) is 6.07 Å². The molecule has 1 fully saturated rings. The van der Waals surface area contributed by atoms with E-state index in [4.69, 9.17) is 4.74 Å². The van der Waals surface area contributed by atoms with Crippen LogP contribution in [0.1, 0.15) is 30.3 Å². The van der Waals surface area contributed by atoms with E-state index in [1.165, 1.54) is 10.9 Å². The van der Waals surface area contributed by atoms with Gasteiger partial charge >= 0.3 is 0 Å². The maximum atomic E-state index is 13.9. The van der Waals surface area contributed by atoms with Gasteiger partial charge in [-0.2, -0.15) is 0 Å². The minimum Gasteiger partial charge on any atom is -0.376 e. The lowest BCUT2D eigenvalue weighted by atomic mass is 10.1. The van der Waals surface area contributed by atoms with E-state index in [0.717, 1.165) is 31.8 Å². The molecule has 2 unspecified atom stereocenters. The number of aliphatic imine (C=N–C) groups is 1. The molecular weight excluding hydrogens is 394 g/mol. The van der Waals surface area contributed by atoms with Crippen molar-refractivity contribution in [1.82, 2.24) is 15.5 Å². The Morgan fingerprint density at radius 3 is 2.93 bits per heavy atom. The van der Waals surface area contributed by atoms with Crippen molar-refractivity contribution in [2.45, 2.75) is 32.5 Å². The maximum absolute atomic E-state index is 13.9. The summed E-state index contributed by atoms with van der Waals surface area (Å²) < 4.78 is 33.0. The number of morpholine rings is 1. The minimum atomic E-state index is -0.464. The molecule has 2 atom stereocenters. The number of ether oxygens (including phenoxy) is 1. The molecule has 1 aromatic carbocycles. The number of nitrogens with zero attached hydrogens (tertiary/aromatic N) is 2. The molecule has 0 amide bonds. The number of hydrogen-bond donors (Lipinski definition) is 2. The van der Waals surface area contributed by atoms with Crippen LogP contribution in [0.2, 0.25) is 0 Å². The van der Waals surface area contributed by atoms with Crippen LogP contribution in [0, 0.1) is 11.6 Å². The quantitative estimate of drug-likeness (QED) is 0.529. The summed E-state index contributed by atoms with van der Waals surface area (Å²) in [6.45, 7) is 7.92. The highest BCUT2D eigenvalue weighted by molar-refractivity contribution is 7.10. The number of rotatable bonds is 7. The van der Waals surface area contributed by atoms with Crippen molar-refractivity contribution in [3.05, 3.63) is 57.8 Å². The normalized spacial score (nSPS) is 19.2. The van der Waals surface area contributed by atoms with Crippen molar-refractivity contribution in [3.63, 3.8) is 0 Å². The second-order valence-corrected chi connectivity index (χ2v) is 8.00. The number of hydrogen-bond acceptors (Lipinski definition) is 4. The smallest absolute Gasteiger partial charge is 0.191 e. The fourth-order valence-electron chi connectivity index (χ4n) is 3.38. The van der Waals surface area contributed by atoms with Crippen LogP contribution in [-0.4, -0.2) is 49.7 Å². The number of thiophene rings is 1. The number of halogens is 2. The van der Waals surface area contributed by atoms with Gasteiger partial charge in [0.05, 0.1) is 25.3 Å². The Labute approximate surface area is 174 Å². The van der Waals surface area contributed by atoms with Crippen LogP contribution in [0.25, 0.3) is 0 Å². The van der Waals surface area contributed by atoms with Gasteiger partial charge in [0.1, 0.15) is 11.6 Å². The lowest BCUT2D eigenvalue weighted by molar-refractivity contribution is -0.0334. The van der Waals surface area contributed by atoms with Crippen LogP contribution in [0.3, 0.4) is 0 Å². The Kier molecular flexibility index (Phi) is 7.97. The molecule has 2 heterocycles. The first-order valence-corrected chi connectivity index (χ1v) is 10.8. The summed E-state index contributed by atoms with van der Waals surface area (Å²) in [6, 6.07) is 7.82. The van der Waals surface area contributed by atoms with E-state index >= 15 is 0 Å². The Bertz CT molecular complexity index is 800. The molecule has 1 aromatic heterocycles. The lowest BCUT2D eigenvalue weighted by Crippen LogP contribution is -2.48. The topological polar surface area (TPSA) is 48.9 Å². The zero-order valence-corrected chi connectivity index (χ0v) is 17.6. The molecule has 29 heavy (non-hydrogen) atoms. The third-order valence-electron chi connectivity index (χ3n) is 4.81. The molecule has 2 aromatic rings. The Morgan fingerprint density at radius 2 is 2.21 bits per heavy atom. The molecule has 158 valence electrons. The maximum Gasteiger partial charge on any atom is 0.191 e. The van der Waals surface area contributed by atoms with E-state index in [2.05, 4.69) is 45.0 Å². The molecule has 8 heteroatoms. The molecule has 0 spiro atoms. The van der Waals surface area contributed by atoms with Gasteiger partial charge in [-0.05, 0) is 43.5 Å². The summed E-state index contributed by atoms with van der Waals surface area (Å²) in [7, 11) is 0. The second kappa shape index (κ2) is 10.7. The summed E-state index contributed by atoms with van der Waals surface area (Å²) in [5, 5.41) is 8.64. The van der Waals surface area contributed by atoms with Crippen LogP contribution >= 0.6 is 11.3 Å². The van der Waals surface area contributed by atoms with E-state index in [0.29, 0.717) is 19.0 Å². The SMILES string of the molecule is CCNC(=NCc1cc(F)ccc1F)NCC(c1cccs1)N1CCOC(C)C1. The predicted octanol–water partition coefficient (Wildman–Crippen LogP) is 3.54. The average molecular weight is 423 g/mol. The predicted molar refractivity (Wildman–Crippen MR) is 113 cm³/mol. The Balaban J connectivity index is 1.70. The summed E-state index contributed by atoms with van der Waals surface area (Å²) in [5.74, 6) is -0.336. The molecule has 1 saturated heterocycles. The molecule has 0 aliphatic carbocycles. The van der Waals surface area contributed by atoms with Gasteiger partial charge < -0.3 is 15.4 Å². The van der Waals surface area contributed by atoms with Crippen LogP contribution in [0.5, 0.6) is 0 Å². The van der Waals surface area contributed by atoms with Gasteiger partial charge in [0.15, 0.2) is 5.96 Å². The average Bonchev–Trinajstić information content (AvgIpc) is 3.23. The van der Waals surface area contributed by atoms with Gasteiger partial charge in [0, 0.05) is 36.6 Å². The molecule has 5 nitrogen and oxygen atoms in total. The van der Waals surface area contributed by atoms with Gasteiger partial charge in [0.25, 0.3) is 0 Å². The van der Waals surface area contributed by atoms with E-state index in [9.17, 15) is 8.78 Å². The van der Waals surface area contributed by atoms with Crippen molar-refractivity contribution < 1.29 is 13.5 Å². The molecule has 0 radical (unpaired) electrons. The number of benzene rings is 1. The van der Waals surface area contributed by atoms with Crippen molar-refractivity contribution in [3.8, 4) is 0 Å². The first-order valence-electron chi connectivity index (χ1n) is 9.92.